The first kappa shape index (κ1) is 22.4. The monoisotopic (exact) mass is 426 g/mol. The summed E-state index contributed by atoms with van der Waals surface area (Å²) in [5.74, 6) is 0. The quantitative estimate of drug-likeness (QED) is 0.544. The minimum absolute atomic E-state index is 0.0407. The number of nitro benzene ring substituents is 1. The molecule has 1 amide bonds. The first-order chi connectivity index (χ1) is 14.6. The lowest BCUT2D eigenvalue weighted by atomic mass is 10.1. The third kappa shape index (κ3) is 5.87. The number of anilines is 2. The molecule has 3 rings (SSSR count). The minimum atomic E-state index is -0.525. The molecule has 0 aromatic heterocycles. The largest absolute Gasteiger partial charge is 0.444 e. The lowest BCUT2D eigenvalue weighted by molar-refractivity contribution is -0.384. The molecule has 0 bridgehead atoms. The van der Waals surface area contributed by atoms with Crippen LogP contribution in [0.3, 0.4) is 0 Å². The lowest BCUT2D eigenvalue weighted by Gasteiger charge is -2.36. The number of nitrogens with one attached hydrogen (secondary N) is 1. The van der Waals surface area contributed by atoms with E-state index in [1.165, 1.54) is 6.07 Å². The highest BCUT2D eigenvalue weighted by molar-refractivity contribution is 5.71. The summed E-state index contributed by atoms with van der Waals surface area (Å²) in [6.07, 6.45) is -0.310. The Labute approximate surface area is 182 Å². The summed E-state index contributed by atoms with van der Waals surface area (Å²) in [6, 6.07) is 14.9. The number of rotatable bonds is 5. The van der Waals surface area contributed by atoms with E-state index in [4.69, 9.17) is 4.74 Å². The fourth-order valence-corrected chi connectivity index (χ4v) is 3.53. The van der Waals surface area contributed by atoms with Crippen LogP contribution in [0.5, 0.6) is 0 Å². The highest BCUT2D eigenvalue weighted by Gasteiger charge is 2.27. The predicted octanol–water partition coefficient (Wildman–Crippen LogP) is 4.83. The van der Waals surface area contributed by atoms with Crippen LogP contribution in [0.25, 0.3) is 0 Å². The van der Waals surface area contributed by atoms with Gasteiger partial charge in [-0.3, -0.25) is 10.1 Å². The van der Waals surface area contributed by atoms with Gasteiger partial charge >= 0.3 is 6.09 Å². The summed E-state index contributed by atoms with van der Waals surface area (Å²) in [6.45, 7) is 9.86. The van der Waals surface area contributed by atoms with Gasteiger partial charge in [-0.15, -0.1) is 0 Å². The van der Waals surface area contributed by atoms with Gasteiger partial charge in [-0.05, 0) is 45.4 Å². The SMILES string of the molecule is CC(Nc1cc(N2CCN(C(=O)OC(C)(C)C)CC2)ccc1[N+](=O)[O-])c1ccccc1. The Morgan fingerprint density at radius 3 is 2.32 bits per heavy atom. The van der Waals surface area contributed by atoms with Crippen molar-refractivity contribution in [1.29, 1.82) is 0 Å². The summed E-state index contributed by atoms with van der Waals surface area (Å²) in [7, 11) is 0. The molecule has 166 valence electrons. The van der Waals surface area contributed by atoms with E-state index < -0.39 is 5.60 Å². The molecule has 0 radical (unpaired) electrons. The molecule has 1 N–H and O–H groups in total. The molecule has 1 aliphatic heterocycles. The number of piperazine rings is 1. The molecule has 2 aromatic rings. The number of amides is 1. The number of hydrogen-bond donors (Lipinski definition) is 1. The minimum Gasteiger partial charge on any atom is -0.444 e. The molecule has 1 aliphatic rings. The van der Waals surface area contributed by atoms with Gasteiger partial charge in [-0.1, -0.05) is 30.3 Å². The summed E-state index contributed by atoms with van der Waals surface area (Å²) in [5.41, 5.74) is 1.93. The van der Waals surface area contributed by atoms with E-state index in [9.17, 15) is 14.9 Å². The molecule has 0 aliphatic carbocycles. The van der Waals surface area contributed by atoms with Crippen molar-refractivity contribution < 1.29 is 14.5 Å². The van der Waals surface area contributed by atoms with E-state index in [2.05, 4.69) is 10.2 Å². The molecular formula is C23H30N4O4. The van der Waals surface area contributed by atoms with Crippen LogP contribution in [0.2, 0.25) is 0 Å². The molecule has 2 aromatic carbocycles. The van der Waals surface area contributed by atoms with Gasteiger partial charge in [0.05, 0.1) is 4.92 Å². The Bertz CT molecular complexity index is 919. The van der Waals surface area contributed by atoms with Crippen LogP contribution in [0.1, 0.15) is 39.3 Å². The van der Waals surface area contributed by atoms with Crippen molar-refractivity contribution >= 4 is 23.2 Å². The van der Waals surface area contributed by atoms with Crippen molar-refractivity contribution in [3.05, 3.63) is 64.2 Å². The number of nitrogens with zero attached hydrogens (tertiary/aromatic N) is 3. The van der Waals surface area contributed by atoms with Crippen LogP contribution in [-0.4, -0.2) is 47.7 Å². The normalized spacial score (nSPS) is 15.4. The fraction of sp³-hybridized carbons (Fsp3) is 0.435. The van der Waals surface area contributed by atoms with Gasteiger partial charge in [0.2, 0.25) is 0 Å². The van der Waals surface area contributed by atoms with E-state index >= 15 is 0 Å². The van der Waals surface area contributed by atoms with Crippen LogP contribution in [0, 0.1) is 10.1 Å². The number of carbonyl (C=O) groups is 1. The molecule has 31 heavy (non-hydrogen) atoms. The van der Waals surface area contributed by atoms with Crippen molar-refractivity contribution in [2.45, 2.75) is 39.3 Å². The number of carbonyl (C=O) groups excluding carboxylic acids is 1. The second-order valence-electron chi connectivity index (χ2n) is 8.69. The topological polar surface area (TPSA) is 88.0 Å². The third-order valence-corrected chi connectivity index (χ3v) is 5.14. The highest BCUT2D eigenvalue weighted by Crippen LogP contribution is 2.32. The van der Waals surface area contributed by atoms with Gasteiger partial charge < -0.3 is 19.9 Å². The van der Waals surface area contributed by atoms with Gasteiger partial charge in [0.15, 0.2) is 0 Å². The number of nitro groups is 1. The van der Waals surface area contributed by atoms with Crippen LogP contribution in [0.15, 0.2) is 48.5 Å². The van der Waals surface area contributed by atoms with E-state index in [0.717, 1.165) is 11.3 Å². The number of ether oxygens (including phenoxy) is 1. The first-order valence-corrected chi connectivity index (χ1v) is 10.5. The smallest absolute Gasteiger partial charge is 0.410 e. The fourth-order valence-electron chi connectivity index (χ4n) is 3.53. The number of benzene rings is 2. The Kier molecular flexibility index (Phi) is 6.68. The predicted molar refractivity (Wildman–Crippen MR) is 122 cm³/mol. The van der Waals surface area contributed by atoms with Crippen molar-refractivity contribution in [2.24, 2.45) is 0 Å². The Hall–Kier alpha value is -3.29. The summed E-state index contributed by atoms with van der Waals surface area (Å²) in [5, 5.41) is 14.8. The maximum atomic E-state index is 12.3. The Morgan fingerprint density at radius 2 is 1.74 bits per heavy atom. The molecule has 8 heteroatoms. The lowest BCUT2D eigenvalue weighted by Crippen LogP contribution is -2.50. The van der Waals surface area contributed by atoms with Crippen LogP contribution in [0.4, 0.5) is 21.9 Å². The second-order valence-corrected chi connectivity index (χ2v) is 8.69. The summed E-state index contributed by atoms with van der Waals surface area (Å²) in [4.78, 5) is 27.3. The molecule has 0 spiro atoms. The van der Waals surface area contributed by atoms with Crippen molar-refractivity contribution in [2.75, 3.05) is 36.4 Å². The van der Waals surface area contributed by atoms with Crippen LogP contribution >= 0.6 is 0 Å². The zero-order valence-electron chi connectivity index (χ0n) is 18.5. The van der Waals surface area contributed by atoms with E-state index in [-0.39, 0.29) is 22.7 Å². The average Bonchev–Trinajstić information content (AvgIpc) is 2.73. The van der Waals surface area contributed by atoms with E-state index in [0.29, 0.717) is 31.9 Å². The van der Waals surface area contributed by atoms with E-state index in [1.54, 1.807) is 11.0 Å². The average molecular weight is 427 g/mol. The maximum absolute atomic E-state index is 12.3. The first-order valence-electron chi connectivity index (χ1n) is 10.5. The van der Waals surface area contributed by atoms with Crippen LogP contribution < -0.4 is 10.2 Å². The molecular weight excluding hydrogens is 396 g/mol. The van der Waals surface area contributed by atoms with Gasteiger partial charge in [0.1, 0.15) is 11.3 Å². The number of hydrogen-bond acceptors (Lipinski definition) is 6. The Morgan fingerprint density at radius 1 is 1.10 bits per heavy atom. The molecule has 1 heterocycles. The van der Waals surface area contributed by atoms with Crippen molar-refractivity contribution in [3.63, 3.8) is 0 Å². The molecule has 0 saturated carbocycles. The zero-order valence-corrected chi connectivity index (χ0v) is 18.5. The van der Waals surface area contributed by atoms with Gasteiger partial charge in [-0.2, -0.15) is 0 Å². The summed E-state index contributed by atoms with van der Waals surface area (Å²) < 4.78 is 5.45. The van der Waals surface area contributed by atoms with E-state index in [1.807, 2.05) is 64.1 Å². The summed E-state index contributed by atoms with van der Waals surface area (Å²) >= 11 is 0. The molecule has 1 fully saturated rings. The van der Waals surface area contributed by atoms with Gasteiger partial charge in [0, 0.05) is 44.0 Å². The molecule has 1 saturated heterocycles. The molecule has 1 atom stereocenters. The molecule has 8 nitrogen and oxygen atoms in total. The van der Waals surface area contributed by atoms with Crippen LogP contribution in [-0.2, 0) is 4.74 Å². The highest BCUT2D eigenvalue weighted by atomic mass is 16.6. The molecule has 1 unspecified atom stereocenters. The third-order valence-electron chi connectivity index (χ3n) is 5.14. The van der Waals surface area contributed by atoms with Crippen molar-refractivity contribution in [1.82, 2.24) is 4.90 Å². The standard InChI is InChI=1S/C23H30N4O4/c1-17(18-8-6-5-7-9-18)24-20-16-19(10-11-21(20)27(29)30)25-12-14-26(15-13-25)22(28)31-23(2,3)4/h5-11,16-17,24H,12-15H2,1-4H3. The van der Waals surface area contributed by atoms with Crippen molar-refractivity contribution in [3.8, 4) is 0 Å². The second kappa shape index (κ2) is 9.24. The zero-order chi connectivity index (χ0) is 22.6. The Balaban J connectivity index is 1.72. The van der Waals surface area contributed by atoms with Gasteiger partial charge in [-0.25, -0.2) is 4.79 Å². The maximum Gasteiger partial charge on any atom is 0.410 e. The van der Waals surface area contributed by atoms with Gasteiger partial charge in [0.25, 0.3) is 5.69 Å².